The van der Waals surface area contributed by atoms with E-state index in [1.165, 1.54) is 19.3 Å². The first-order valence-corrected chi connectivity index (χ1v) is 19.6. The molecule has 0 aromatic heterocycles. The molecule has 0 aliphatic rings. The van der Waals surface area contributed by atoms with Crippen molar-refractivity contribution in [3.8, 4) is 0 Å². The van der Waals surface area contributed by atoms with Gasteiger partial charge in [-0.1, -0.05) is 128 Å². The molecule has 0 bridgehead atoms. The van der Waals surface area contributed by atoms with Crippen molar-refractivity contribution in [1.29, 1.82) is 0 Å². The predicted octanol–water partition coefficient (Wildman–Crippen LogP) is 10.1. The smallest absolute Gasteiger partial charge is 0.407 e. The van der Waals surface area contributed by atoms with Gasteiger partial charge in [0.15, 0.2) is 0 Å². The molecule has 11 nitrogen and oxygen atoms in total. The summed E-state index contributed by atoms with van der Waals surface area (Å²) in [5, 5.41) is 10.4. The fraction of sp³-hybridized carbons (Fsp3) is 0.854. The van der Waals surface area contributed by atoms with E-state index < -0.39 is 6.09 Å². The maximum absolute atomic E-state index is 11.3. The van der Waals surface area contributed by atoms with Crippen molar-refractivity contribution >= 4 is 23.8 Å². The van der Waals surface area contributed by atoms with Gasteiger partial charge in [0.05, 0.1) is 13.2 Å². The summed E-state index contributed by atoms with van der Waals surface area (Å²) in [5.74, 6) is 0.949. The molecule has 2 radical (unpaired) electrons. The zero-order valence-electron chi connectivity index (χ0n) is 38.2. The van der Waals surface area contributed by atoms with E-state index in [9.17, 15) is 19.2 Å². The summed E-state index contributed by atoms with van der Waals surface area (Å²) in [5.41, 5.74) is 13.6. The van der Waals surface area contributed by atoms with E-state index in [0.717, 1.165) is 19.3 Å². The average molecular weight is 1020 g/mol. The van der Waals surface area contributed by atoms with Gasteiger partial charge in [0.25, 0.3) is 0 Å². The number of amides is 4. The van der Waals surface area contributed by atoms with Crippen LogP contribution in [0.1, 0.15) is 163 Å². The standard InChI is InChI=1S/C11H22N2O3.C11H22N2O2.C8H17.C5H11.2C3H8N.2La/c1-5-9(4)7-16-11(15)12-6-10(14)13-8(2)3;1-5-9(4)6-10(14)12-7-11(15)13-8(2)3;1-5-7-8(3,4)6-2;1-4-5(2)3;2*1-3(2)4;;/h8-9H,5-7H2,1-4H3,(H,12,15)(H,13,14);8-9H,5-7H2,1-4H3,(H,12,14)(H,13,15);2,5-7H2,1,3-4H3;5H,2,4H2,1,3H3;2*3-4H,1-2H3;;/q;;4*-1;;. The number of hydrogen-bond donors (Lipinski definition) is 4. The van der Waals surface area contributed by atoms with Gasteiger partial charge >= 0.3 is 6.09 Å². The molecule has 0 saturated heterocycles. The molecular weight excluding hydrogens is 934 g/mol. The summed E-state index contributed by atoms with van der Waals surface area (Å²) in [7, 11) is 0. The van der Waals surface area contributed by atoms with Crippen LogP contribution in [0.5, 0.6) is 0 Å². The number of carbonyl (C=O) groups is 4. The van der Waals surface area contributed by atoms with Crippen molar-refractivity contribution in [3.63, 3.8) is 0 Å². The van der Waals surface area contributed by atoms with Gasteiger partial charge in [-0.15, -0.1) is 12.1 Å². The molecule has 3 atom stereocenters. The first-order valence-electron chi connectivity index (χ1n) is 19.6. The number of carbonyl (C=O) groups excluding carboxylic acids is 4. The van der Waals surface area contributed by atoms with Crippen LogP contribution in [-0.2, 0) is 19.1 Å². The van der Waals surface area contributed by atoms with E-state index in [0.29, 0.717) is 36.2 Å². The third-order valence-corrected chi connectivity index (χ3v) is 6.47. The van der Waals surface area contributed by atoms with Gasteiger partial charge in [-0.2, -0.15) is 12.3 Å². The van der Waals surface area contributed by atoms with Crippen molar-refractivity contribution in [2.75, 3.05) is 19.7 Å². The van der Waals surface area contributed by atoms with E-state index in [4.69, 9.17) is 16.2 Å². The van der Waals surface area contributed by atoms with E-state index >= 15 is 0 Å². The Morgan fingerprint density at radius 3 is 1.26 bits per heavy atom. The fourth-order valence-electron chi connectivity index (χ4n) is 2.80. The van der Waals surface area contributed by atoms with Crippen molar-refractivity contribution in [3.05, 3.63) is 25.3 Å². The molecule has 6 N–H and O–H groups in total. The number of rotatable bonds is 16. The molecule has 0 fully saturated rings. The van der Waals surface area contributed by atoms with Crippen LogP contribution >= 0.6 is 0 Å². The third kappa shape index (κ3) is 84.5. The second-order valence-corrected chi connectivity index (χ2v) is 15.4. The van der Waals surface area contributed by atoms with Gasteiger partial charge in [-0.05, 0) is 39.5 Å². The number of ether oxygens (including phenoxy) is 1. The Morgan fingerprint density at radius 1 is 0.648 bits per heavy atom. The van der Waals surface area contributed by atoms with E-state index in [1.807, 2.05) is 83.1 Å². The quantitative estimate of drug-likeness (QED) is 0.113. The van der Waals surface area contributed by atoms with Gasteiger partial charge in [0.2, 0.25) is 17.7 Å². The second kappa shape index (κ2) is 49.1. The molecule has 13 heteroatoms. The zero-order chi connectivity index (χ0) is 42.5. The van der Waals surface area contributed by atoms with Crippen LogP contribution in [0.15, 0.2) is 0 Å². The minimum atomic E-state index is -0.542. The molecular formula is C41H88La2N6O5-4. The Balaban J connectivity index is -0.0000000849. The van der Waals surface area contributed by atoms with Gasteiger partial charge in [0.1, 0.15) is 6.54 Å². The molecule has 0 aromatic rings. The average Bonchev–Trinajstić information content (AvgIpc) is 3.01. The monoisotopic (exact) mass is 1020 g/mol. The molecule has 0 aliphatic carbocycles. The number of hydrogen-bond acceptors (Lipinski definition) is 5. The van der Waals surface area contributed by atoms with Crippen molar-refractivity contribution < 1.29 is 95.1 Å². The molecule has 4 amide bonds. The first kappa shape index (κ1) is 71.7. The Labute approximate surface area is 391 Å². The van der Waals surface area contributed by atoms with Crippen LogP contribution in [0.4, 0.5) is 4.79 Å². The maximum Gasteiger partial charge on any atom is 0.407 e. The van der Waals surface area contributed by atoms with Crippen LogP contribution in [0, 0.1) is 108 Å². The Bertz CT molecular complexity index is 818. The summed E-state index contributed by atoms with van der Waals surface area (Å²) < 4.78 is 4.92. The predicted molar refractivity (Wildman–Crippen MR) is 225 cm³/mol. The summed E-state index contributed by atoms with van der Waals surface area (Å²) in [4.78, 5) is 44.8. The normalized spacial score (nSPS) is 11.5. The topological polar surface area (TPSA) is 173 Å². The minimum Gasteiger partial charge on any atom is -0.675 e. The summed E-state index contributed by atoms with van der Waals surface area (Å²) in [6.07, 6.45) is 6.72. The van der Waals surface area contributed by atoms with E-state index in [1.54, 1.807) is 0 Å². The zero-order valence-corrected chi connectivity index (χ0v) is 45.5. The van der Waals surface area contributed by atoms with Crippen LogP contribution in [0.3, 0.4) is 0 Å². The summed E-state index contributed by atoms with van der Waals surface area (Å²) in [6, 6.07) is 0.356. The van der Waals surface area contributed by atoms with Crippen molar-refractivity contribution in [1.82, 2.24) is 21.3 Å². The second-order valence-electron chi connectivity index (χ2n) is 15.4. The van der Waals surface area contributed by atoms with Crippen LogP contribution in [-0.4, -0.2) is 67.7 Å². The molecule has 54 heavy (non-hydrogen) atoms. The van der Waals surface area contributed by atoms with Gasteiger partial charge in [-0.3, -0.25) is 14.4 Å². The molecule has 0 spiro atoms. The van der Waals surface area contributed by atoms with Crippen LogP contribution < -0.4 is 21.3 Å². The molecule has 0 rings (SSSR count). The van der Waals surface area contributed by atoms with Gasteiger partial charge in [0, 0.05) is 89.7 Å². The SMILES string of the molecule is CC(C)[NH-].CC(C)[NH-].CCC(C)CC(=O)NCC(=O)NC(C)C.CCC(C)COC(=O)NCC(=O)NC(C)C.[CH2-]C(C)CC.[CH2-]CC(C)(C)CCC.[La].[La]. The molecule has 0 aliphatic heterocycles. The molecule has 3 unspecified atom stereocenters. The van der Waals surface area contributed by atoms with E-state index in [-0.39, 0.29) is 126 Å². The van der Waals surface area contributed by atoms with E-state index in [2.05, 4.69) is 69.7 Å². The molecule has 0 saturated carbocycles. The first-order chi connectivity index (χ1) is 23.8. The minimum absolute atomic E-state index is 0. The third-order valence-electron chi connectivity index (χ3n) is 6.47. The molecule has 0 aromatic carbocycles. The number of alkyl carbamates (subject to hydrolysis) is 1. The van der Waals surface area contributed by atoms with Crippen molar-refractivity contribution in [2.45, 2.75) is 187 Å². The Morgan fingerprint density at radius 2 is 1.00 bits per heavy atom. The fourth-order valence-corrected chi connectivity index (χ4v) is 2.80. The Kier molecular flexibility index (Phi) is 65.2. The largest absolute Gasteiger partial charge is 0.675 e. The summed E-state index contributed by atoms with van der Waals surface area (Å²) >= 11 is 0. The summed E-state index contributed by atoms with van der Waals surface area (Å²) in [6.45, 7) is 42.0. The van der Waals surface area contributed by atoms with Crippen LogP contribution in [0.25, 0.3) is 11.5 Å². The molecule has 322 valence electrons. The Hall–Kier alpha value is -0.0104. The van der Waals surface area contributed by atoms with Gasteiger partial charge in [-0.25, -0.2) is 4.79 Å². The molecule has 0 heterocycles. The van der Waals surface area contributed by atoms with Gasteiger partial charge < -0.3 is 51.3 Å². The number of nitrogens with one attached hydrogen (secondary N) is 6. The van der Waals surface area contributed by atoms with Crippen molar-refractivity contribution in [2.24, 2.45) is 23.2 Å². The maximum atomic E-state index is 11.3. The van der Waals surface area contributed by atoms with Crippen LogP contribution in [0.2, 0.25) is 0 Å².